The lowest BCUT2D eigenvalue weighted by atomic mass is 10.1. The van der Waals surface area contributed by atoms with E-state index in [1.807, 2.05) is 30.3 Å². The van der Waals surface area contributed by atoms with Gasteiger partial charge < -0.3 is 24.1 Å². The lowest BCUT2D eigenvalue weighted by Crippen LogP contribution is -2.52. The van der Waals surface area contributed by atoms with Crippen LogP contribution in [0.4, 0.5) is 9.59 Å². The summed E-state index contributed by atoms with van der Waals surface area (Å²) in [6.07, 6.45) is -3.17. The predicted molar refractivity (Wildman–Crippen MR) is 126 cm³/mol. The van der Waals surface area contributed by atoms with E-state index in [0.29, 0.717) is 4.90 Å². The largest absolute Gasteiger partial charge is 0.458 e. The number of ether oxygens (including phenoxy) is 4. The van der Waals surface area contributed by atoms with Crippen molar-refractivity contribution in [2.75, 3.05) is 6.61 Å². The van der Waals surface area contributed by atoms with E-state index in [4.69, 9.17) is 18.9 Å². The number of carbonyl (C=O) groups is 3. The molecule has 9 heteroatoms. The van der Waals surface area contributed by atoms with Gasteiger partial charge in [-0.05, 0) is 61.0 Å². The first-order chi connectivity index (χ1) is 15.6. The molecule has 0 aliphatic heterocycles. The third-order valence-corrected chi connectivity index (χ3v) is 4.45. The lowest BCUT2D eigenvalue weighted by Gasteiger charge is -2.32. The van der Waals surface area contributed by atoms with Crippen molar-refractivity contribution in [2.45, 2.75) is 97.9 Å². The van der Waals surface area contributed by atoms with Crippen molar-refractivity contribution in [1.29, 1.82) is 0 Å². The summed E-state index contributed by atoms with van der Waals surface area (Å²) < 4.78 is 22.0. The Balaban J connectivity index is 2.96. The van der Waals surface area contributed by atoms with Crippen molar-refractivity contribution in [1.82, 2.24) is 4.90 Å². The Hall–Kier alpha value is -2.65. The SMILES string of the molecule is CC(OC(=O)C(C)N(C(=O)OC(C)(C)C)C(=O)OC(C)(C)C)C(CCO)OCc1ccccc1. The van der Waals surface area contributed by atoms with Gasteiger partial charge in [-0.3, -0.25) is 0 Å². The van der Waals surface area contributed by atoms with Crippen LogP contribution in [0.2, 0.25) is 0 Å². The Kier molecular flexibility index (Phi) is 11.0. The van der Waals surface area contributed by atoms with Gasteiger partial charge in [-0.2, -0.15) is 4.90 Å². The van der Waals surface area contributed by atoms with E-state index in [1.54, 1.807) is 48.5 Å². The van der Waals surface area contributed by atoms with E-state index < -0.39 is 47.6 Å². The second-order valence-electron chi connectivity index (χ2n) is 10.00. The first kappa shape index (κ1) is 29.4. The molecule has 0 aliphatic carbocycles. The standard InChI is InChI=1S/C25H39NO8/c1-17(26(22(29)33-24(3,4)5)23(30)34-25(6,7)8)21(28)32-18(2)20(14-15-27)31-16-19-12-10-9-11-13-19/h9-13,17-18,20,27H,14-16H2,1-8H3. The summed E-state index contributed by atoms with van der Waals surface area (Å²) in [6, 6.07) is 8.13. The Bertz CT molecular complexity index is 769. The fraction of sp³-hybridized carbons (Fsp3) is 0.640. The number of amides is 2. The van der Waals surface area contributed by atoms with Crippen molar-refractivity contribution >= 4 is 18.2 Å². The summed E-state index contributed by atoms with van der Waals surface area (Å²) in [5, 5.41) is 9.43. The average molecular weight is 482 g/mol. The zero-order valence-corrected chi connectivity index (χ0v) is 21.5. The number of aliphatic hydroxyl groups excluding tert-OH is 1. The van der Waals surface area contributed by atoms with Gasteiger partial charge in [-0.25, -0.2) is 14.4 Å². The van der Waals surface area contributed by atoms with Crippen LogP contribution in [0.15, 0.2) is 30.3 Å². The maximum Gasteiger partial charge on any atom is 0.420 e. The molecule has 0 heterocycles. The molecule has 0 aliphatic rings. The van der Waals surface area contributed by atoms with Gasteiger partial charge in [0, 0.05) is 13.0 Å². The molecule has 0 spiro atoms. The summed E-state index contributed by atoms with van der Waals surface area (Å²) in [5.41, 5.74) is -0.865. The molecule has 1 N–H and O–H groups in total. The summed E-state index contributed by atoms with van der Waals surface area (Å²) in [5.74, 6) is -0.838. The van der Waals surface area contributed by atoms with Gasteiger partial charge in [-0.15, -0.1) is 0 Å². The molecular formula is C25H39NO8. The van der Waals surface area contributed by atoms with E-state index in [1.165, 1.54) is 6.92 Å². The molecule has 0 saturated carbocycles. The summed E-state index contributed by atoms with van der Waals surface area (Å²) >= 11 is 0. The van der Waals surface area contributed by atoms with Gasteiger partial charge in [0.15, 0.2) is 0 Å². The first-order valence-electron chi connectivity index (χ1n) is 11.4. The van der Waals surface area contributed by atoms with Crippen molar-refractivity contribution in [3.63, 3.8) is 0 Å². The summed E-state index contributed by atoms with van der Waals surface area (Å²) in [6.45, 7) is 13.0. The van der Waals surface area contributed by atoms with Crippen molar-refractivity contribution < 1.29 is 38.4 Å². The molecule has 192 valence electrons. The Morgan fingerprint density at radius 3 is 1.85 bits per heavy atom. The predicted octanol–water partition coefficient (Wildman–Crippen LogP) is 4.45. The van der Waals surface area contributed by atoms with Gasteiger partial charge in [0.1, 0.15) is 23.3 Å². The monoisotopic (exact) mass is 481 g/mol. The highest BCUT2D eigenvalue weighted by molar-refractivity contribution is 5.94. The number of carbonyl (C=O) groups excluding carboxylic acids is 3. The van der Waals surface area contributed by atoms with E-state index in [9.17, 15) is 19.5 Å². The van der Waals surface area contributed by atoms with Gasteiger partial charge in [0.25, 0.3) is 0 Å². The number of rotatable bonds is 9. The van der Waals surface area contributed by atoms with E-state index >= 15 is 0 Å². The molecule has 0 bridgehead atoms. The van der Waals surface area contributed by atoms with Crippen LogP contribution in [0, 0.1) is 0 Å². The smallest absolute Gasteiger partial charge is 0.420 e. The topological polar surface area (TPSA) is 112 Å². The van der Waals surface area contributed by atoms with Crippen LogP contribution in [0.1, 0.15) is 67.4 Å². The van der Waals surface area contributed by atoms with Crippen molar-refractivity contribution in [3.05, 3.63) is 35.9 Å². The number of benzene rings is 1. The maximum atomic E-state index is 12.9. The van der Waals surface area contributed by atoms with Gasteiger partial charge in [0.05, 0.1) is 12.7 Å². The minimum Gasteiger partial charge on any atom is -0.458 e. The van der Waals surface area contributed by atoms with E-state index in [-0.39, 0.29) is 19.6 Å². The molecule has 9 nitrogen and oxygen atoms in total. The normalized spacial score (nSPS) is 14.5. The zero-order valence-electron chi connectivity index (χ0n) is 21.5. The van der Waals surface area contributed by atoms with Gasteiger partial charge >= 0.3 is 18.2 Å². The third kappa shape index (κ3) is 10.5. The Morgan fingerprint density at radius 2 is 1.41 bits per heavy atom. The second kappa shape index (κ2) is 12.7. The Labute approximate surface area is 202 Å². The third-order valence-electron chi connectivity index (χ3n) is 4.45. The molecule has 3 unspecified atom stereocenters. The summed E-state index contributed by atoms with van der Waals surface area (Å²) in [7, 11) is 0. The molecule has 0 radical (unpaired) electrons. The van der Waals surface area contributed by atoms with Crippen molar-refractivity contribution in [3.8, 4) is 0 Å². The van der Waals surface area contributed by atoms with Gasteiger partial charge in [-0.1, -0.05) is 30.3 Å². The van der Waals surface area contributed by atoms with Crippen LogP contribution in [0.5, 0.6) is 0 Å². The molecule has 0 aromatic heterocycles. The van der Waals surface area contributed by atoms with Crippen molar-refractivity contribution in [2.24, 2.45) is 0 Å². The minimum atomic E-state index is -1.32. The quantitative estimate of drug-likeness (QED) is 0.407. The number of esters is 1. The maximum absolute atomic E-state index is 12.9. The van der Waals surface area contributed by atoms with Crippen LogP contribution >= 0.6 is 0 Å². The fourth-order valence-corrected chi connectivity index (χ4v) is 2.83. The molecule has 3 atom stereocenters. The van der Waals surface area contributed by atoms with E-state index in [2.05, 4.69) is 0 Å². The zero-order chi connectivity index (χ0) is 26.1. The highest BCUT2D eigenvalue weighted by Gasteiger charge is 2.39. The number of hydrogen-bond donors (Lipinski definition) is 1. The van der Waals surface area contributed by atoms with Crippen LogP contribution < -0.4 is 0 Å². The second-order valence-corrected chi connectivity index (χ2v) is 10.00. The van der Waals surface area contributed by atoms with Crippen LogP contribution in [0.3, 0.4) is 0 Å². The number of aliphatic hydroxyl groups is 1. The van der Waals surface area contributed by atoms with Crippen LogP contribution in [-0.4, -0.2) is 64.2 Å². The number of nitrogens with zero attached hydrogens (tertiary/aromatic N) is 1. The highest BCUT2D eigenvalue weighted by Crippen LogP contribution is 2.19. The molecule has 1 aromatic rings. The van der Waals surface area contributed by atoms with Gasteiger partial charge in [0.2, 0.25) is 0 Å². The highest BCUT2D eigenvalue weighted by atomic mass is 16.6. The van der Waals surface area contributed by atoms with E-state index in [0.717, 1.165) is 5.56 Å². The number of hydrogen-bond acceptors (Lipinski definition) is 8. The first-order valence-corrected chi connectivity index (χ1v) is 11.4. The van der Waals surface area contributed by atoms with Crippen LogP contribution in [0.25, 0.3) is 0 Å². The molecule has 34 heavy (non-hydrogen) atoms. The molecule has 0 fully saturated rings. The summed E-state index contributed by atoms with van der Waals surface area (Å²) in [4.78, 5) is 39.0. The van der Waals surface area contributed by atoms with Crippen LogP contribution in [-0.2, 0) is 30.3 Å². The number of imide groups is 1. The molecule has 2 amide bonds. The molecular weight excluding hydrogens is 442 g/mol. The lowest BCUT2D eigenvalue weighted by molar-refractivity contribution is -0.162. The Morgan fingerprint density at radius 1 is 0.912 bits per heavy atom. The fourth-order valence-electron chi connectivity index (χ4n) is 2.83. The molecule has 0 saturated heterocycles. The minimum absolute atomic E-state index is 0.168. The average Bonchev–Trinajstić information content (AvgIpc) is 2.69. The molecule has 1 aromatic carbocycles. The molecule has 1 rings (SSSR count).